The Labute approximate surface area is 132 Å². The lowest BCUT2D eigenvalue weighted by molar-refractivity contribution is 0.109. The predicted molar refractivity (Wildman–Crippen MR) is 89.0 cm³/mol. The van der Waals surface area contributed by atoms with Gasteiger partial charge in [-0.2, -0.15) is 0 Å². The van der Waals surface area contributed by atoms with Crippen molar-refractivity contribution in [3.8, 4) is 0 Å². The van der Waals surface area contributed by atoms with Crippen LogP contribution >= 0.6 is 0 Å². The molecule has 4 nitrogen and oxygen atoms in total. The first-order valence-corrected chi connectivity index (χ1v) is 7.84. The predicted octanol–water partition coefficient (Wildman–Crippen LogP) is 2.25. The fourth-order valence-electron chi connectivity index (χ4n) is 2.87. The van der Waals surface area contributed by atoms with Crippen molar-refractivity contribution in [3.63, 3.8) is 0 Å². The van der Waals surface area contributed by atoms with Crippen LogP contribution < -0.4 is 4.90 Å². The molecule has 4 heteroatoms. The SMILES string of the molecule is Cc1ccc(N2CCN(CC(O)c3cccnc3)CC2)cc1. The van der Waals surface area contributed by atoms with Gasteiger partial charge < -0.3 is 10.0 Å². The number of aryl methyl sites for hydroxylation is 1. The Bertz CT molecular complexity index is 577. The number of aromatic nitrogens is 1. The van der Waals surface area contributed by atoms with Gasteiger partial charge in [0.1, 0.15) is 0 Å². The maximum atomic E-state index is 10.3. The molecule has 1 saturated heterocycles. The summed E-state index contributed by atoms with van der Waals surface area (Å²) in [6.07, 6.45) is 3.02. The molecule has 0 bridgehead atoms. The number of rotatable bonds is 4. The molecule has 2 heterocycles. The maximum absolute atomic E-state index is 10.3. The topological polar surface area (TPSA) is 39.6 Å². The zero-order valence-electron chi connectivity index (χ0n) is 13.0. The zero-order chi connectivity index (χ0) is 15.4. The second kappa shape index (κ2) is 6.90. The van der Waals surface area contributed by atoms with E-state index in [2.05, 4.69) is 46.0 Å². The Hall–Kier alpha value is -1.91. The lowest BCUT2D eigenvalue weighted by atomic mass is 10.1. The molecule has 0 aliphatic carbocycles. The molecule has 0 saturated carbocycles. The highest BCUT2D eigenvalue weighted by molar-refractivity contribution is 5.47. The molecular formula is C18H23N3O. The third-order valence-corrected chi connectivity index (χ3v) is 4.27. The minimum Gasteiger partial charge on any atom is -0.387 e. The molecule has 1 aliphatic rings. The highest BCUT2D eigenvalue weighted by atomic mass is 16.3. The van der Waals surface area contributed by atoms with Crippen molar-refractivity contribution in [1.82, 2.24) is 9.88 Å². The van der Waals surface area contributed by atoms with Crippen LogP contribution in [-0.4, -0.2) is 47.7 Å². The zero-order valence-corrected chi connectivity index (χ0v) is 13.0. The van der Waals surface area contributed by atoms with Crippen molar-refractivity contribution < 1.29 is 5.11 Å². The number of piperazine rings is 1. The van der Waals surface area contributed by atoms with E-state index in [0.717, 1.165) is 31.7 Å². The summed E-state index contributed by atoms with van der Waals surface area (Å²) in [4.78, 5) is 8.80. The van der Waals surface area contributed by atoms with Crippen LogP contribution in [0, 0.1) is 6.92 Å². The molecule has 22 heavy (non-hydrogen) atoms. The fraction of sp³-hybridized carbons (Fsp3) is 0.389. The normalized spacial score (nSPS) is 17.5. The van der Waals surface area contributed by atoms with Crippen LogP contribution in [0.4, 0.5) is 5.69 Å². The summed E-state index contributed by atoms with van der Waals surface area (Å²) >= 11 is 0. The molecular weight excluding hydrogens is 274 g/mol. The molecule has 1 unspecified atom stereocenters. The Kier molecular flexibility index (Phi) is 4.71. The van der Waals surface area contributed by atoms with Crippen LogP contribution in [0.5, 0.6) is 0 Å². The van der Waals surface area contributed by atoms with E-state index in [9.17, 15) is 5.11 Å². The number of aliphatic hydroxyl groups is 1. The molecule has 1 aromatic heterocycles. The summed E-state index contributed by atoms with van der Waals surface area (Å²) < 4.78 is 0. The van der Waals surface area contributed by atoms with E-state index in [1.807, 2.05) is 12.1 Å². The summed E-state index contributed by atoms with van der Waals surface area (Å²) in [7, 11) is 0. The first kappa shape index (κ1) is 15.0. The molecule has 1 aliphatic heterocycles. The second-order valence-electron chi connectivity index (χ2n) is 5.93. The molecule has 1 aromatic carbocycles. The minimum atomic E-state index is -0.459. The minimum absolute atomic E-state index is 0.459. The number of anilines is 1. The Morgan fingerprint density at radius 2 is 1.82 bits per heavy atom. The number of β-amino-alcohol motifs (C(OH)–C–C–N with tert-alkyl or cyclic N) is 1. The average molecular weight is 297 g/mol. The van der Waals surface area contributed by atoms with Crippen LogP contribution in [0.25, 0.3) is 0 Å². The third-order valence-electron chi connectivity index (χ3n) is 4.27. The van der Waals surface area contributed by atoms with Crippen LogP contribution in [0.2, 0.25) is 0 Å². The number of nitrogens with zero attached hydrogens (tertiary/aromatic N) is 3. The Morgan fingerprint density at radius 1 is 1.09 bits per heavy atom. The van der Waals surface area contributed by atoms with Crippen molar-refractivity contribution >= 4 is 5.69 Å². The molecule has 1 N–H and O–H groups in total. The summed E-state index contributed by atoms with van der Waals surface area (Å²) in [5, 5.41) is 10.3. The van der Waals surface area contributed by atoms with Gasteiger partial charge in [-0.15, -0.1) is 0 Å². The molecule has 3 rings (SSSR count). The summed E-state index contributed by atoms with van der Waals surface area (Å²) in [5.41, 5.74) is 3.48. The van der Waals surface area contributed by atoms with E-state index in [0.29, 0.717) is 6.54 Å². The van der Waals surface area contributed by atoms with Gasteiger partial charge in [-0.25, -0.2) is 0 Å². The van der Waals surface area contributed by atoms with E-state index >= 15 is 0 Å². The number of benzene rings is 1. The van der Waals surface area contributed by atoms with Crippen LogP contribution in [-0.2, 0) is 0 Å². The smallest absolute Gasteiger partial charge is 0.0931 e. The molecule has 116 valence electrons. The standard InChI is InChI=1S/C18H23N3O/c1-15-4-6-17(7-5-15)21-11-9-20(10-12-21)14-18(22)16-3-2-8-19-13-16/h2-8,13,18,22H,9-12,14H2,1H3. The maximum Gasteiger partial charge on any atom is 0.0931 e. The summed E-state index contributed by atoms with van der Waals surface area (Å²) in [6.45, 7) is 6.75. The van der Waals surface area contributed by atoms with Gasteiger partial charge in [0, 0.05) is 56.4 Å². The largest absolute Gasteiger partial charge is 0.387 e. The van der Waals surface area contributed by atoms with Gasteiger partial charge >= 0.3 is 0 Å². The first-order chi connectivity index (χ1) is 10.7. The molecule has 2 aromatic rings. The number of pyridine rings is 1. The second-order valence-corrected chi connectivity index (χ2v) is 5.93. The van der Waals surface area contributed by atoms with Crippen molar-refractivity contribution in [2.45, 2.75) is 13.0 Å². The van der Waals surface area contributed by atoms with E-state index in [-0.39, 0.29) is 0 Å². The lowest BCUT2D eigenvalue weighted by Crippen LogP contribution is -2.47. The highest BCUT2D eigenvalue weighted by Gasteiger charge is 2.20. The molecule has 0 amide bonds. The van der Waals surface area contributed by atoms with Gasteiger partial charge in [0.25, 0.3) is 0 Å². The van der Waals surface area contributed by atoms with Crippen LogP contribution in [0.15, 0.2) is 48.8 Å². The molecule has 0 spiro atoms. The van der Waals surface area contributed by atoms with Gasteiger partial charge in [0.2, 0.25) is 0 Å². The monoisotopic (exact) mass is 297 g/mol. The van der Waals surface area contributed by atoms with Gasteiger partial charge in [0.15, 0.2) is 0 Å². The average Bonchev–Trinajstić information content (AvgIpc) is 2.57. The van der Waals surface area contributed by atoms with Crippen molar-refractivity contribution in [1.29, 1.82) is 0 Å². The molecule has 1 atom stereocenters. The van der Waals surface area contributed by atoms with Gasteiger partial charge in [-0.3, -0.25) is 9.88 Å². The Balaban J connectivity index is 1.52. The van der Waals surface area contributed by atoms with Gasteiger partial charge in [-0.05, 0) is 25.1 Å². The first-order valence-electron chi connectivity index (χ1n) is 7.84. The lowest BCUT2D eigenvalue weighted by Gasteiger charge is -2.37. The molecule has 1 fully saturated rings. The van der Waals surface area contributed by atoms with Gasteiger partial charge in [0.05, 0.1) is 6.10 Å². The quantitative estimate of drug-likeness (QED) is 0.939. The van der Waals surface area contributed by atoms with Gasteiger partial charge in [-0.1, -0.05) is 23.8 Å². The Morgan fingerprint density at radius 3 is 2.45 bits per heavy atom. The van der Waals surface area contributed by atoms with E-state index in [4.69, 9.17) is 0 Å². The van der Waals surface area contributed by atoms with Crippen LogP contribution in [0.3, 0.4) is 0 Å². The third kappa shape index (κ3) is 3.64. The number of hydrogen-bond acceptors (Lipinski definition) is 4. The van der Waals surface area contributed by atoms with E-state index in [1.165, 1.54) is 11.3 Å². The van der Waals surface area contributed by atoms with Crippen molar-refractivity contribution in [2.24, 2.45) is 0 Å². The summed E-state index contributed by atoms with van der Waals surface area (Å²) in [6, 6.07) is 12.5. The van der Waals surface area contributed by atoms with E-state index in [1.54, 1.807) is 12.4 Å². The number of hydrogen-bond donors (Lipinski definition) is 1. The van der Waals surface area contributed by atoms with Crippen LogP contribution in [0.1, 0.15) is 17.2 Å². The molecule has 0 radical (unpaired) electrons. The fourth-order valence-corrected chi connectivity index (χ4v) is 2.87. The van der Waals surface area contributed by atoms with E-state index < -0.39 is 6.10 Å². The number of aliphatic hydroxyl groups excluding tert-OH is 1. The van der Waals surface area contributed by atoms with Crippen molar-refractivity contribution in [2.75, 3.05) is 37.6 Å². The summed E-state index contributed by atoms with van der Waals surface area (Å²) in [5.74, 6) is 0. The highest BCUT2D eigenvalue weighted by Crippen LogP contribution is 2.19. The van der Waals surface area contributed by atoms with Crippen molar-refractivity contribution in [3.05, 3.63) is 59.9 Å².